The van der Waals surface area contributed by atoms with Gasteiger partial charge in [0.15, 0.2) is 0 Å². The first-order valence-corrected chi connectivity index (χ1v) is 9.31. The van der Waals surface area contributed by atoms with Crippen LogP contribution in [0.5, 0.6) is 0 Å². The first-order chi connectivity index (χ1) is 12.4. The van der Waals surface area contributed by atoms with Crippen LogP contribution in [0.2, 0.25) is 0 Å². The minimum Gasteiger partial charge on any atom is -0.371 e. The summed E-state index contributed by atoms with van der Waals surface area (Å²) in [6.07, 6.45) is 4.15. The number of benzene rings is 2. The molecule has 2 radical (unpaired) electrons. The summed E-state index contributed by atoms with van der Waals surface area (Å²) in [6.45, 7) is 17.7. The van der Waals surface area contributed by atoms with E-state index in [-0.39, 0.29) is 80.3 Å². The van der Waals surface area contributed by atoms with Gasteiger partial charge in [0.2, 0.25) is 0 Å². The van der Waals surface area contributed by atoms with Crippen molar-refractivity contribution in [3.63, 3.8) is 0 Å². The fraction of sp³-hybridized carbons (Fsp3) is 0.269. The Morgan fingerprint density at radius 1 is 0.833 bits per heavy atom. The van der Waals surface area contributed by atoms with E-state index >= 15 is 0 Å². The van der Waals surface area contributed by atoms with E-state index in [1.54, 1.807) is 0 Å². The van der Waals surface area contributed by atoms with Crippen LogP contribution in [0, 0.1) is 28.7 Å². The smallest absolute Gasteiger partial charge is 0.0573 e. The van der Waals surface area contributed by atoms with E-state index in [0.717, 1.165) is 17.7 Å². The summed E-state index contributed by atoms with van der Waals surface area (Å²) in [6, 6.07) is 10.5. The van der Waals surface area contributed by atoms with E-state index in [0.29, 0.717) is 11.8 Å². The van der Waals surface area contributed by atoms with Crippen molar-refractivity contribution in [3.05, 3.63) is 98.1 Å². The van der Waals surface area contributed by atoms with Gasteiger partial charge < -0.3 is 19.8 Å². The third-order valence-electron chi connectivity index (χ3n) is 4.91. The maximum atomic E-state index is 4.49. The van der Waals surface area contributed by atoms with Crippen LogP contribution in [-0.4, -0.2) is 11.5 Å². The second-order valence-corrected chi connectivity index (χ2v) is 7.51. The molecule has 1 aliphatic rings. The van der Waals surface area contributed by atoms with Crippen molar-refractivity contribution >= 4 is 17.0 Å². The van der Waals surface area contributed by atoms with E-state index in [4.69, 9.17) is 0 Å². The van der Waals surface area contributed by atoms with Crippen molar-refractivity contribution in [1.82, 2.24) is 4.98 Å². The molecule has 2 heterocycles. The molecule has 0 unspecified atom stereocenters. The molecule has 158 valence electrons. The number of rotatable bonds is 2. The normalized spacial score (nSPS) is 10.9. The van der Waals surface area contributed by atoms with Gasteiger partial charge in [-0.15, -0.1) is 23.3 Å². The number of nitrogens with one attached hydrogen (secondary N) is 1. The second kappa shape index (κ2) is 13.9. The molecule has 1 aliphatic heterocycles. The molecule has 30 heavy (non-hydrogen) atoms. The standard InChI is InChI=1S/2C12H14N.2CH3.2Y/c2*1-8(2)11-9(3)4-5-10-6-7-13-12(10)11;;;;/h4-6,8H,3,7H2,1-2H3;4-8,13H,3H2,1-2H3;2*1H3;;/q4*-1;;. The molecule has 0 saturated carbocycles. The second-order valence-electron chi connectivity index (χ2n) is 7.51. The van der Waals surface area contributed by atoms with Gasteiger partial charge in [-0.2, -0.15) is 37.1 Å². The molecular weight excluding hydrogens is 518 g/mol. The van der Waals surface area contributed by atoms with Crippen molar-refractivity contribution in [2.24, 2.45) is 4.99 Å². The molecule has 0 spiro atoms. The first-order valence-electron chi connectivity index (χ1n) is 9.31. The van der Waals surface area contributed by atoms with E-state index in [1.807, 2.05) is 6.20 Å². The van der Waals surface area contributed by atoms with Gasteiger partial charge in [-0.3, -0.25) is 4.99 Å². The number of aromatic amines is 1. The summed E-state index contributed by atoms with van der Waals surface area (Å²) in [7, 11) is 0. The molecule has 0 aliphatic carbocycles. The van der Waals surface area contributed by atoms with Gasteiger partial charge in [-0.1, -0.05) is 45.6 Å². The minimum absolute atomic E-state index is 0. The largest absolute Gasteiger partial charge is 0.371 e. The first kappa shape index (κ1) is 31.8. The van der Waals surface area contributed by atoms with Crippen molar-refractivity contribution < 1.29 is 65.4 Å². The van der Waals surface area contributed by atoms with E-state index in [1.165, 1.54) is 32.6 Å². The third-order valence-corrected chi connectivity index (χ3v) is 4.91. The van der Waals surface area contributed by atoms with E-state index < -0.39 is 0 Å². The van der Waals surface area contributed by atoms with E-state index in [2.05, 4.69) is 87.9 Å². The van der Waals surface area contributed by atoms with Crippen LogP contribution in [0.4, 0.5) is 0 Å². The van der Waals surface area contributed by atoms with Gasteiger partial charge in [-0.05, 0) is 22.2 Å². The topological polar surface area (TPSA) is 28.1 Å². The monoisotopic (exact) mass is 552 g/mol. The molecule has 2 nitrogen and oxygen atoms in total. The van der Waals surface area contributed by atoms with Gasteiger partial charge in [0.1, 0.15) is 0 Å². The number of H-pyrrole nitrogens is 1. The summed E-state index contributed by atoms with van der Waals surface area (Å²) >= 11 is 0. The number of aromatic nitrogens is 1. The fourth-order valence-electron chi connectivity index (χ4n) is 3.74. The van der Waals surface area contributed by atoms with Crippen LogP contribution in [0.15, 0.2) is 41.5 Å². The Bertz CT molecular complexity index is 1050. The minimum atomic E-state index is 0. The molecule has 3 aromatic rings. The molecule has 0 saturated heterocycles. The summed E-state index contributed by atoms with van der Waals surface area (Å²) < 4.78 is 0. The van der Waals surface area contributed by atoms with Gasteiger partial charge in [-0.25, -0.2) is 0 Å². The summed E-state index contributed by atoms with van der Waals surface area (Å²) in [5.41, 5.74) is 6.13. The zero-order valence-electron chi connectivity index (χ0n) is 19.4. The Hall–Kier alpha value is -0.402. The van der Waals surface area contributed by atoms with Crippen LogP contribution < -0.4 is 10.6 Å². The zero-order valence-corrected chi connectivity index (χ0v) is 25.1. The van der Waals surface area contributed by atoms with Crippen LogP contribution in [0.1, 0.15) is 61.8 Å². The molecule has 1 aromatic heterocycles. The van der Waals surface area contributed by atoms with Gasteiger partial charge in [0, 0.05) is 77.0 Å². The quantitative estimate of drug-likeness (QED) is 0.391. The van der Waals surface area contributed by atoms with Crippen molar-refractivity contribution in [2.75, 3.05) is 6.54 Å². The van der Waals surface area contributed by atoms with Gasteiger partial charge in [0.05, 0.1) is 6.54 Å². The maximum Gasteiger partial charge on any atom is 0.0573 e. The molecule has 4 heteroatoms. The average molecular weight is 552 g/mol. The zero-order chi connectivity index (χ0) is 18.8. The SMILES string of the molecule is [CH2-]c1ccc2c(c1C(C)C)=NCC=2.[CH2-]c1ccc2cc[nH]c2c1C(C)C.[CH3-].[CH3-].[Y].[Y]. The predicted octanol–water partition coefficient (Wildman–Crippen LogP) is 5.77. The Kier molecular flexibility index (Phi) is 14.7. The number of hydrogen-bond donors (Lipinski definition) is 1. The maximum absolute atomic E-state index is 4.49. The third kappa shape index (κ3) is 6.80. The summed E-state index contributed by atoms with van der Waals surface area (Å²) in [5.74, 6) is 1.03. The van der Waals surface area contributed by atoms with Crippen molar-refractivity contribution in [1.29, 1.82) is 0 Å². The molecular formula is C26H34N2Y2-4. The molecule has 4 rings (SSSR count). The summed E-state index contributed by atoms with van der Waals surface area (Å²) in [4.78, 5) is 7.76. The van der Waals surface area contributed by atoms with Crippen LogP contribution in [0.25, 0.3) is 17.0 Å². The number of fused-ring (bicyclic) bond motifs is 2. The summed E-state index contributed by atoms with van der Waals surface area (Å²) in [5, 5.41) is 3.72. The fourth-order valence-corrected chi connectivity index (χ4v) is 3.74. The van der Waals surface area contributed by atoms with Gasteiger partial charge >= 0.3 is 0 Å². The molecule has 1 N–H and O–H groups in total. The van der Waals surface area contributed by atoms with Crippen LogP contribution >= 0.6 is 0 Å². The number of hydrogen-bond acceptors (Lipinski definition) is 1. The Labute approximate surface area is 234 Å². The number of nitrogens with zero attached hydrogens (tertiary/aromatic N) is 1. The Balaban J connectivity index is 0. The van der Waals surface area contributed by atoms with E-state index in [9.17, 15) is 0 Å². The molecule has 2 aromatic carbocycles. The predicted molar refractivity (Wildman–Crippen MR) is 125 cm³/mol. The molecule has 0 atom stereocenters. The molecule has 0 fully saturated rings. The van der Waals surface area contributed by atoms with Crippen LogP contribution in [-0.2, 0) is 65.4 Å². The van der Waals surface area contributed by atoms with Crippen LogP contribution in [0.3, 0.4) is 0 Å². The Morgan fingerprint density at radius 3 is 2.00 bits per heavy atom. The molecule has 0 amide bonds. The average Bonchev–Trinajstić information content (AvgIpc) is 3.22. The molecule has 0 bridgehead atoms. The van der Waals surface area contributed by atoms with Crippen molar-refractivity contribution in [2.45, 2.75) is 39.5 Å². The Morgan fingerprint density at radius 2 is 1.40 bits per heavy atom. The van der Waals surface area contributed by atoms with Crippen molar-refractivity contribution in [3.8, 4) is 0 Å². The van der Waals surface area contributed by atoms with Gasteiger partial charge in [0.25, 0.3) is 0 Å².